The van der Waals surface area contributed by atoms with Crippen LogP contribution in [0.5, 0.6) is 0 Å². The standard InChI is InChI=1S/C9H13NO.C5H11N/c1-7(2)9-5-3-4-8(6-11)10-9;1-2-4-6-5-3-1/h3-5,7,11H,6H2,1-2H3;6H,1-5H2. The molecule has 0 spiro atoms. The highest BCUT2D eigenvalue weighted by molar-refractivity contribution is 5.13. The maximum atomic E-state index is 8.78. The van der Waals surface area contributed by atoms with Gasteiger partial charge >= 0.3 is 0 Å². The van der Waals surface area contributed by atoms with Gasteiger partial charge in [0.2, 0.25) is 0 Å². The molecule has 1 saturated heterocycles. The summed E-state index contributed by atoms with van der Waals surface area (Å²) in [6.45, 7) is 6.70. The zero-order valence-electron chi connectivity index (χ0n) is 10.9. The second kappa shape index (κ2) is 8.20. The van der Waals surface area contributed by atoms with Crippen LogP contribution in [0.25, 0.3) is 0 Å². The Balaban J connectivity index is 0.000000202. The molecule has 2 N–H and O–H groups in total. The summed E-state index contributed by atoms with van der Waals surface area (Å²) in [6, 6.07) is 5.73. The molecule has 1 aromatic heterocycles. The van der Waals surface area contributed by atoms with Crippen molar-refractivity contribution in [3.05, 3.63) is 29.6 Å². The number of nitrogens with zero attached hydrogens (tertiary/aromatic N) is 1. The van der Waals surface area contributed by atoms with E-state index >= 15 is 0 Å². The van der Waals surface area contributed by atoms with Gasteiger partial charge in [-0.25, -0.2) is 0 Å². The molecule has 0 saturated carbocycles. The van der Waals surface area contributed by atoms with Crippen molar-refractivity contribution in [2.75, 3.05) is 13.1 Å². The van der Waals surface area contributed by atoms with Crippen LogP contribution < -0.4 is 5.32 Å². The van der Waals surface area contributed by atoms with Crippen LogP contribution in [0.2, 0.25) is 0 Å². The molecule has 2 rings (SSSR count). The first-order valence-electron chi connectivity index (χ1n) is 6.51. The molecule has 0 radical (unpaired) electrons. The predicted octanol–water partition coefficient (Wildman–Crippen LogP) is 2.46. The van der Waals surface area contributed by atoms with Crippen LogP contribution in [-0.4, -0.2) is 23.2 Å². The lowest BCUT2D eigenvalue weighted by Gasteiger charge is -2.08. The topological polar surface area (TPSA) is 45.1 Å². The minimum absolute atomic E-state index is 0.0283. The average Bonchev–Trinajstić information content (AvgIpc) is 2.41. The van der Waals surface area contributed by atoms with Crippen molar-refractivity contribution >= 4 is 0 Å². The molecular formula is C14H24N2O. The normalized spacial score (nSPS) is 15.3. The number of hydrogen-bond donors (Lipinski definition) is 2. The number of aliphatic hydroxyl groups excluding tert-OH is 1. The van der Waals surface area contributed by atoms with E-state index in [0.717, 1.165) is 11.4 Å². The Morgan fingerprint density at radius 2 is 1.94 bits per heavy atom. The van der Waals surface area contributed by atoms with Crippen LogP contribution in [-0.2, 0) is 6.61 Å². The second-order valence-electron chi connectivity index (χ2n) is 4.68. The van der Waals surface area contributed by atoms with E-state index in [9.17, 15) is 0 Å². The number of pyridine rings is 1. The van der Waals surface area contributed by atoms with E-state index < -0.39 is 0 Å². The Hall–Kier alpha value is -0.930. The van der Waals surface area contributed by atoms with Gasteiger partial charge in [-0.3, -0.25) is 4.98 Å². The molecule has 17 heavy (non-hydrogen) atoms. The zero-order valence-corrected chi connectivity index (χ0v) is 10.9. The third-order valence-electron chi connectivity index (χ3n) is 2.79. The second-order valence-corrected chi connectivity index (χ2v) is 4.68. The predicted molar refractivity (Wildman–Crippen MR) is 71.0 cm³/mol. The fourth-order valence-corrected chi connectivity index (χ4v) is 1.71. The van der Waals surface area contributed by atoms with Crippen molar-refractivity contribution < 1.29 is 5.11 Å². The Labute approximate surface area is 104 Å². The zero-order chi connectivity index (χ0) is 12.5. The Morgan fingerprint density at radius 1 is 1.24 bits per heavy atom. The number of aromatic nitrogens is 1. The molecular weight excluding hydrogens is 212 g/mol. The Bertz CT molecular complexity index is 297. The molecule has 0 bridgehead atoms. The van der Waals surface area contributed by atoms with Crippen molar-refractivity contribution in [3.63, 3.8) is 0 Å². The fourth-order valence-electron chi connectivity index (χ4n) is 1.71. The minimum atomic E-state index is 0.0283. The molecule has 0 aliphatic carbocycles. The summed E-state index contributed by atoms with van der Waals surface area (Å²) in [4.78, 5) is 4.24. The van der Waals surface area contributed by atoms with Crippen LogP contribution in [0.4, 0.5) is 0 Å². The van der Waals surface area contributed by atoms with Crippen molar-refractivity contribution in [2.24, 2.45) is 0 Å². The molecule has 3 nitrogen and oxygen atoms in total. The molecule has 0 aromatic carbocycles. The molecule has 0 unspecified atom stereocenters. The molecule has 96 valence electrons. The average molecular weight is 236 g/mol. The van der Waals surface area contributed by atoms with Crippen LogP contribution in [0.1, 0.15) is 50.4 Å². The summed E-state index contributed by atoms with van der Waals surface area (Å²) in [5, 5.41) is 12.1. The summed E-state index contributed by atoms with van der Waals surface area (Å²) in [7, 11) is 0. The summed E-state index contributed by atoms with van der Waals surface area (Å²) < 4.78 is 0. The quantitative estimate of drug-likeness (QED) is 0.829. The molecule has 1 aliphatic heterocycles. The number of aliphatic hydroxyl groups is 1. The van der Waals surface area contributed by atoms with Gasteiger partial charge in [-0.2, -0.15) is 0 Å². The lowest BCUT2D eigenvalue weighted by atomic mass is 10.1. The molecule has 1 aromatic rings. The van der Waals surface area contributed by atoms with Gasteiger partial charge in [0.1, 0.15) is 0 Å². The summed E-state index contributed by atoms with van der Waals surface area (Å²) in [5.41, 5.74) is 1.78. The maximum Gasteiger partial charge on any atom is 0.0853 e. The van der Waals surface area contributed by atoms with E-state index in [4.69, 9.17) is 5.11 Å². The van der Waals surface area contributed by atoms with E-state index in [1.165, 1.54) is 32.4 Å². The smallest absolute Gasteiger partial charge is 0.0853 e. The minimum Gasteiger partial charge on any atom is -0.390 e. The first kappa shape index (κ1) is 14.1. The molecule has 1 aliphatic rings. The third kappa shape index (κ3) is 5.80. The summed E-state index contributed by atoms with van der Waals surface area (Å²) in [6.07, 6.45) is 4.22. The Morgan fingerprint density at radius 3 is 2.35 bits per heavy atom. The Kier molecular flexibility index (Phi) is 6.82. The number of rotatable bonds is 2. The lowest BCUT2D eigenvalue weighted by Crippen LogP contribution is -2.21. The monoisotopic (exact) mass is 236 g/mol. The highest BCUT2D eigenvalue weighted by atomic mass is 16.3. The maximum absolute atomic E-state index is 8.78. The van der Waals surface area contributed by atoms with Crippen molar-refractivity contribution in [3.8, 4) is 0 Å². The molecule has 2 heterocycles. The van der Waals surface area contributed by atoms with Crippen LogP contribution >= 0.6 is 0 Å². The van der Waals surface area contributed by atoms with Gasteiger partial charge < -0.3 is 10.4 Å². The highest BCUT2D eigenvalue weighted by Gasteiger charge is 2.00. The summed E-state index contributed by atoms with van der Waals surface area (Å²) in [5.74, 6) is 0.432. The third-order valence-corrected chi connectivity index (χ3v) is 2.79. The molecule has 0 atom stereocenters. The van der Waals surface area contributed by atoms with Crippen molar-refractivity contribution in [1.82, 2.24) is 10.3 Å². The van der Waals surface area contributed by atoms with Crippen LogP contribution in [0.15, 0.2) is 18.2 Å². The van der Waals surface area contributed by atoms with Crippen LogP contribution in [0.3, 0.4) is 0 Å². The van der Waals surface area contributed by atoms with E-state index in [1.807, 2.05) is 18.2 Å². The number of nitrogens with one attached hydrogen (secondary N) is 1. The van der Waals surface area contributed by atoms with Gasteiger partial charge in [-0.1, -0.05) is 26.3 Å². The lowest BCUT2D eigenvalue weighted by molar-refractivity contribution is 0.276. The largest absolute Gasteiger partial charge is 0.390 e. The number of hydrogen-bond acceptors (Lipinski definition) is 3. The van der Waals surface area contributed by atoms with Crippen molar-refractivity contribution in [2.45, 2.75) is 45.6 Å². The molecule has 3 heteroatoms. The molecule has 0 amide bonds. The number of piperidine rings is 1. The van der Waals surface area contributed by atoms with Crippen LogP contribution in [0, 0.1) is 0 Å². The van der Waals surface area contributed by atoms with E-state index in [-0.39, 0.29) is 6.61 Å². The first-order chi connectivity index (χ1) is 8.24. The van der Waals surface area contributed by atoms with E-state index in [2.05, 4.69) is 24.1 Å². The SMILES string of the molecule is C1CCNCC1.CC(C)c1cccc(CO)n1. The van der Waals surface area contributed by atoms with Gasteiger partial charge in [0, 0.05) is 5.69 Å². The fraction of sp³-hybridized carbons (Fsp3) is 0.643. The van der Waals surface area contributed by atoms with Gasteiger partial charge in [0.15, 0.2) is 0 Å². The van der Waals surface area contributed by atoms with Gasteiger partial charge in [0.25, 0.3) is 0 Å². The molecule has 1 fully saturated rings. The van der Waals surface area contributed by atoms with E-state index in [1.54, 1.807) is 0 Å². The van der Waals surface area contributed by atoms with E-state index in [0.29, 0.717) is 5.92 Å². The summed E-state index contributed by atoms with van der Waals surface area (Å²) >= 11 is 0. The van der Waals surface area contributed by atoms with Crippen molar-refractivity contribution in [1.29, 1.82) is 0 Å². The first-order valence-corrected chi connectivity index (χ1v) is 6.51. The van der Waals surface area contributed by atoms with Gasteiger partial charge in [0.05, 0.1) is 12.3 Å². The highest BCUT2D eigenvalue weighted by Crippen LogP contribution is 2.10. The van der Waals surface area contributed by atoms with Gasteiger partial charge in [-0.15, -0.1) is 0 Å². The van der Waals surface area contributed by atoms with Gasteiger partial charge in [-0.05, 0) is 44.0 Å².